The van der Waals surface area contributed by atoms with E-state index in [4.69, 9.17) is 11.6 Å². The maximum atomic E-state index is 10.9. The van der Waals surface area contributed by atoms with Crippen molar-refractivity contribution in [3.63, 3.8) is 0 Å². The standard InChI is InChI=1S/C15H15ClNO/c1-11-10-15(16)12(2)9-14(11)4-3-13-5-7-17(18)8-6-13/h4-10H,3H2,1-2H3. The number of hydrogen-bond donors (Lipinski definition) is 0. The highest BCUT2D eigenvalue weighted by molar-refractivity contribution is 6.31. The van der Waals surface area contributed by atoms with Gasteiger partial charge >= 0.3 is 0 Å². The van der Waals surface area contributed by atoms with Crippen LogP contribution in [0.2, 0.25) is 5.02 Å². The molecule has 2 rings (SSSR count). The third-order valence-corrected chi connectivity index (χ3v) is 3.38. The third kappa shape index (κ3) is 3.02. The quantitative estimate of drug-likeness (QED) is 0.614. The minimum atomic E-state index is 0.793. The minimum Gasteiger partial charge on any atom is -0.619 e. The molecule has 0 aliphatic carbocycles. The number of halogens is 1. The van der Waals surface area contributed by atoms with E-state index in [9.17, 15) is 5.21 Å². The maximum Gasteiger partial charge on any atom is 0.180 e. The molecule has 0 bridgehead atoms. The summed E-state index contributed by atoms with van der Waals surface area (Å²) in [6.07, 6.45) is 6.00. The van der Waals surface area contributed by atoms with E-state index in [-0.39, 0.29) is 0 Å². The van der Waals surface area contributed by atoms with Crippen molar-refractivity contribution >= 4 is 11.6 Å². The van der Waals surface area contributed by atoms with Crippen molar-refractivity contribution in [2.45, 2.75) is 20.3 Å². The second-order valence-corrected chi connectivity index (χ2v) is 4.84. The Morgan fingerprint density at radius 3 is 2.50 bits per heavy atom. The van der Waals surface area contributed by atoms with Crippen LogP contribution in [0, 0.1) is 25.5 Å². The van der Waals surface area contributed by atoms with Gasteiger partial charge in [-0.15, -0.1) is 0 Å². The second-order valence-electron chi connectivity index (χ2n) is 4.43. The number of hydrogen-bond acceptors (Lipinski definition) is 1. The van der Waals surface area contributed by atoms with Gasteiger partial charge in [-0.1, -0.05) is 17.7 Å². The molecule has 0 saturated carbocycles. The van der Waals surface area contributed by atoms with E-state index in [1.165, 1.54) is 23.5 Å². The molecule has 93 valence electrons. The zero-order chi connectivity index (χ0) is 13.1. The molecule has 0 saturated heterocycles. The Labute approximate surface area is 112 Å². The SMILES string of the molecule is Cc1cc([CH]Cc2cc[n+]([O-])cc2)c(C)cc1Cl. The summed E-state index contributed by atoms with van der Waals surface area (Å²) in [6, 6.07) is 7.75. The first-order valence-corrected chi connectivity index (χ1v) is 6.22. The van der Waals surface area contributed by atoms with Gasteiger partial charge in [0.25, 0.3) is 0 Å². The summed E-state index contributed by atoms with van der Waals surface area (Å²) in [7, 11) is 0. The van der Waals surface area contributed by atoms with Crippen LogP contribution in [0.1, 0.15) is 22.3 Å². The van der Waals surface area contributed by atoms with Crippen LogP contribution in [0.15, 0.2) is 36.7 Å². The van der Waals surface area contributed by atoms with Crippen molar-refractivity contribution in [2.24, 2.45) is 0 Å². The van der Waals surface area contributed by atoms with Crippen molar-refractivity contribution in [1.82, 2.24) is 0 Å². The van der Waals surface area contributed by atoms with Gasteiger partial charge in [0.05, 0.1) is 0 Å². The molecule has 3 heteroatoms. The highest BCUT2D eigenvalue weighted by Gasteiger charge is 2.04. The summed E-state index contributed by atoms with van der Waals surface area (Å²) in [5.74, 6) is 0. The van der Waals surface area contributed by atoms with Crippen LogP contribution in [0.4, 0.5) is 0 Å². The van der Waals surface area contributed by atoms with Gasteiger partial charge in [0, 0.05) is 17.2 Å². The maximum absolute atomic E-state index is 10.9. The molecule has 1 aromatic carbocycles. The molecule has 2 nitrogen and oxygen atoms in total. The Morgan fingerprint density at radius 2 is 1.83 bits per heavy atom. The zero-order valence-corrected chi connectivity index (χ0v) is 11.2. The number of aromatic nitrogens is 1. The van der Waals surface area contributed by atoms with E-state index in [2.05, 4.69) is 12.5 Å². The number of rotatable bonds is 3. The number of aryl methyl sites for hydroxylation is 2. The molecular formula is C15H15ClNO. The first kappa shape index (κ1) is 12.9. The third-order valence-electron chi connectivity index (χ3n) is 2.98. The summed E-state index contributed by atoms with van der Waals surface area (Å²) in [5.41, 5.74) is 4.56. The van der Waals surface area contributed by atoms with Gasteiger partial charge in [-0.2, -0.15) is 4.73 Å². The summed E-state index contributed by atoms with van der Waals surface area (Å²) in [4.78, 5) is 0. The lowest BCUT2D eigenvalue weighted by molar-refractivity contribution is -0.605. The fraction of sp³-hybridized carbons (Fsp3) is 0.200. The van der Waals surface area contributed by atoms with E-state index in [1.54, 1.807) is 0 Å². The molecule has 0 amide bonds. The van der Waals surface area contributed by atoms with Crippen molar-refractivity contribution in [1.29, 1.82) is 0 Å². The lowest BCUT2D eigenvalue weighted by atomic mass is 9.99. The van der Waals surface area contributed by atoms with Gasteiger partial charge in [-0.3, -0.25) is 0 Å². The highest BCUT2D eigenvalue weighted by Crippen LogP contribution is 2.22. The molecule has 0 unspecified atom stereocenters. The van der Waals surface area contributed by atoms with E-state index in [0.29, 0.717) is 0 Å². The first-order chi connectivity index (χ1) is 8.56. The first-order valence-electron chi connectivity index (χ1n) is 5.84. The van der Waals surface area contributed by atoms with Crippen LogP contribution in [-0.4, -0.2) is 0 Å². The lowest BCUT2D eigenvalue weighted by Crippen LogP contribution is -2.23. The van der Waals surface area contributed by atoms with Crippen LogP contribution in [0.5, 0.6) is 0 Å². The van der Waals surface area contributed by atoms with Gasteiger partial charge in [0.15, 0.2) is 12.4 Å². The van der Waals surface area contributed by atoms with Gasteiger partial charge in [0.2, 0.25) is 0 Å². The van der Waals surface area contributed by atoms with Crippen LogP contribution in [0.25, 0.3) is 0 Å². The van der Waals surface area contributed by atoms with Crippen LogP contribution < -0.4 is 4.73 Å². The Morgan fingerprint density at radius 1 is 1.17 bits per heavy atom. The molecule has 1 heterocycles. The molecule has 1 radical (unpaired) electrons. The molecule has 2 aromatic rings. The molecule has 0 aliphatic heterocycles. The van der Waals surface area contributed by atoms with Crippen LogP contribution in [-0.2, 0) is 6.42 Å². The van der Waals surface area contributed by atoms with E-state index in [0.717, 1.165) is 27.3 Å². The summed E-state index contributed by atoms with van der Waals surface area (Å²) in [5, 5.41) is 11.7. The number of nitrogens with zero attached hydrogens (tertiary/aromatic N) is 1. The van der Waals surface area contributed by atoms with Gasteiger partial charge < -0.3 is 5.21 Å². The van der Waals surface area contributed by atoms with Gasteiger partial charge in [0.1, 0.15) is 0 Å². The van der Waals surface area contributed by atoms with Gasteiger partial charge in [-0.05, 0) is 55.0 Å². The average Bonchev–Trinajstić information content (AvgIpc) is 2.34. The molecule has 0 N–H and O–H groups in total. The number of benzene rings is 1. The van der Waals surface area contributed by atoms with Crippen molar-refractivity contribution in [3.8, 4) is 0 Å². The molecular weight excluding hydrogens is 246 g/mol. The highest BCUT2D eigenvalue weighted by atomic mass is 35.5. The molecule has 18 heavy (non-hydrogen) atoms. The molecule has 0 aliphatic rings. The second kappa shape index (κ2) is 5.40. The van der Waals surface area contributed by atoms with E-state index in [1.807, 2.05) is 32.0 Å². The summed E-state index contributed by atoms with van der Waals surface area (Å²) < 4.78 is 0.793. The largest absolute Gasteiger partial charge is 0.619 e. The Hall–Kier alpha value is -1.54. The number of pyridine rings is 1. The van der Waals surface area contributed by atoms with Crippen LogP contribution >= 0.6 is 11.6 Å². The minimum absolute atomic E-state index is 0.793. The van der Waals surface area contributed by atoms with Crippen molar-refractivity contribution in [3.05, 3.63) is 75.6 Å². The molecule has 0 spiro atoms. The smallest absolute Gasteiger partial charge is 0.180 e. The van der Waals surface area contributed by atoms with Crippen molar-refractivity contribution in [2.75, 3.05) is 0 Å². The van der Waals surface area contributed by atoms with Crippen molar-refractivity contribution < 1.29 is 4.73 Å². The molecule has 0 fully saturated rings. The van der Waals surface area contributed by atoms with Gasteiger partial charge in [-0.25, -0.2) is 0 Å². The monoisotopic (exact) mass is 260 g/mol. The van der Waals surface area contributed by atoms with E-state index < -0.39 is 0 Å². The molecule has 1 aromatic heterocycles. The summed E-state index contributed by atoms with van der Waals surface area (Å²) >= 11 is 6.07. The Balaban J connectivity index is 2.10. The normalized spacial score (nSPS) is 10.6. The van der Waals surface area contributed by atoms with E-state index >= 15 is 0 Å². The topological polar surface area (TPSA) is 26.9 Å². The predicted molar refractivity (Wildman–Crippen MR) is 73.4 cm³/mol. The summed E-state index contributed by atoms with van der Waals surface area (Å²) in [6.45, 7) is 4.05. The fourth-order valence-electron chi connectivity index (χ4n) is 1.83. The van der Waals surface area contributed by atoms with Crippen LogP contribution in [0.3, 0.4) is 0 Å². The molecule has 0 atom stereocenters. The predicted octanol–water partition coefficient (Wildman–Crippen LogP) is 3.39. The average molecular weight is 261 g/mol. The lowest BCUT2D eigenvalue weighted by Gasteiger charge is -2.08. The Bertz CT molecular complexity index is 549. The fourth-order valence-corrected chi connectivity index (χ4v) is 2.05. The zero-order valence-electron chi connectivity index (χ0n) is 10.5. The Kier molecular flexibility index (Phi) is 3.87.